The first kappa shape index (κ1) is 14.7. The van der Waals surface area contributed by atoms with Crippen LogP contribution in [0.5, 0.6) is 0 Å². The Morgan fingerprint density at radius 1 is 1.08 bits per heavy atom. The fraction of sp³-hybridized carbons (Fsp3) is 0.0526. The molecule has 0 aliphatic rings. The first-order valence-electron chi connectivity index (χ1n) is 7.62. The predicted octanol–water partition coefficient (Wildman–Crippen LogP) is 4.54. The maximum absolute atomic E-state index is 6.02. The maximum Gasteiger partial charge on any atom is 0.137 e. The summed E-state index contributed by atoms with van der Waals surface area (Å²) in [5, 5.41) is 0.714. The highest BCUT2D eigenvalue weighted by molar-refractivity contribution is 6.30. The van der Waals surface area contributed by atoms with Crippen molar-refractivity contribution >= 4 is 23.4 Å². The molecule has 0 saturated heterocycles. The number of hydrogen-bond donors (Lipinski definition) is 0. The van der Waals surface area contributed by atoms with Crippen LogP contribution in [-0.4, -0.2) is 18.9 Å². The Bertz CT molecular complexity index is 1010. The molecule has 24 heavy (non-hydrogen) atoms. The van der Waals surface area contributed by atoms with Gasteiger partial charge in [0.25, 0.3) is 0 Å². The zero-order valence-electron chi connectivity index (χ0n) is 12.9. The number of pyridine rings is 1. The van der Waals surface area contributed by atoms with Crippen LogP contribution < -0.4 is 0 Å². The summed E-state index contributed by atoms with van der Waals surface area (Å²) >= 11 is 6.02. The Morgan fingerprint density at radius 2 is 1.92 bits per heavy atom. The minimum Gasteiger partial charge on any atom is -0.311 e. The van der Waals surface area contributed by atoms with E-state index in [9.17, 15) is 0 Å². The van der Waals surface area contributed by atoms with E-state index in [-0.39, 0.29) is 0 Å². The summed E-state index contributed by atoms with van der Waals surface area (Å²) in [6.07, 6.45) is 8.11. The lowest BCUT2D eigenvalue weighted by Crippen LogP contribution is -2.01. The van der Waals surface area contributed by atoms with Gasteiger partial charge in [-0.25, -0.2) is 9.97 Å². The Hall–Kier alpha value is -2.85. The number of hydrogen-bond acceptors (Lipinski definition) is 2. The molecule has 4 nitrogen and oxygen atoms in total. The van der Waals surface area contributed by atoms with Crippen LogP contribution in [-0.2, 0) is 6.42 Å². The van der Waals surface area contributed by atoms with Crippen molar-refractivity contribution in [2.45, 2.75) is 6.42 Å². The fourth-order valence-electron chi connectivity index (χ4n) is 2.85. The van der Waals surface area contributed by atoms with Crippen LogP contribution in [0, 0.1) is 0 Å². The quantitative estimate of drug-likeness (QED) is 0.549. The van der Waals surface area contributed by atoms with E-state index >= 15 is 0 Å². The monoisotopic (exact) mass is 334 g/mol. The van der Waals surface area contributed by atoms with Crippen molar-refractivity contribution in [3.63, 3.8) is 0 Å². The molecule has 0 atom stereocenters. The van der Waals surface area contributed by atoms with Crippen LogP contribution in [0.3, 0.4) is 0 Å². The predicted molar refractivity (Wildman–Crippen MR) is 97.1 cm³/mol. The molecule has 0 aliphatic heterocycles. The van der Waals surface area contributed by atoms with E-state index in [4.69, 9.17) is 16.6 Å². The van der Waals surface area contributed by atoms with Crippen molar-refractivity contribution < 1.29 is 0 Å². The molecule has 1 aromatic carbocycles. The first-order valence-corrected chi connectivity index (χ1v) is 8.00. The molecule has 0 amide bonds. The summed E-state index contributed by atoms with van der Waals surface area (Å²) in [5.74, 6) is 0.922. The average molecular weight is 335 g/mol. The third-order valence-electron chi connectivity index (χ3n) is 4.02. The maximum atomic E-state index is 6.02. The third kappa shape index (κ3) is 2.51. The summed E-state index contributed by atoms with van der Waals surface area (Å²) in [6, 6.07) is 13.8. The van der Waals surface area contributed by atoms with Crippen LogP contribution in [0.15, 0.2) is 67.6 Å². The number of aromatic nitrogens is 4. The van der Waals surface area contributed by atoms with Crippen molar-refractivity contribution in [2.75, 3.05) is 0 Å². The highest BCUT2D eigenvalue weighted by Gasteiger charge is 2.16. The van der Waals surface area contributed by atoms with Gasteiger partial charge in [0.05, 0.1) is 11.4 Å². The van der Waals surface area contributed by atoms with Crippen LogP contribution in [0.2, 0.25) is 5.02 Å². The molecule has 0 unspecified atom stereocenters. The second kappa shape index (κ2) is 5.98. The summed E-state index contributed by atoms with van der Waals surface area (Å²) < 4.78 is 4.03. The van der Waals surface area contributed by atoms with E-state index in [1.54, 1.807) is 12.4 Å². The Kier molecular flexibility index (Phi) is 3.67. The highest BCUT2D eigenvalue weighted by Crippen LogP contribution is 2.27. The molecule has 118 valence electrons. The molecule has 3 aromatic heterocycles. The summed E-state index contributed by atoms with van der Waals surface area (Å²) in [5.41, 5.74) is 3.97. The van der Waals surface area contributed by atoms with Crippen molar-refractivity contribution in [1.29, 1.82) is 0 Å². The van der Waals surface area contributed by atoms with Gasteiger partial charge >= 0.3 is 0 Å². The molecule has 0 spiro atoms. The number of benzene rings is 1. The first-order chi connectivity index (χ1) is 11.8. The van der Waals surface area contributed by atoms with Crippen molar-refractivity contribution in [3.8, 4) is 11.3 Å². The number of rotatable bonds is 4. The molecule has 4 aromatic rings. The van der Waals surface area contributed by atoms with E-state index in [0.29, 0.717) is 11.4 Å². The zero-order chi connectivity index (χ0) is 16.5. The van der Waals surface area contributed by atoms with Gasteiger partial charge in [-0.1, -0.05) is 36.4 Å². The van der Waals surface area contributed by atoms with Gasteiger partial charge in [0.1, 0.15) is 11.5 Å². The SMILES string of the molecule is C=Cn1ccnc1Cc1c(-c2ccc(Cl)cc2)nc2ccccn12. The molecule has 0 radical (unpaired) electrons. The molecular formula is C19H15ClN4. The van der Waals surface area contributed by atoms with Crippen molar-refractivity contribution in [1.82, 2.24) is 18.9 Å². The third-order valence-corrected chi connectivity index (χ3v) is 4.27. The molecule has 0 N–H and O–H groups in total. The smallest absolute Gasteiger partial charge is 0.137 e. The van der Waals surface area contributed by atoms with Crippen LogP contribution in [0.4, 0.5) is 0 Å². The molecule has 0 fully saturated rings. The van der Waals surface area contributed by atoms with E-state index < -0.39 is 0 Å². The number of imidazole rings is 2. The molecule has 0 aliphatic carbocycles. The largest absolute Gasteiger partial charge is 0.311 e. The average Bonchev–Trinajstić information content (AvgIpc) is 3.21. The van der Waals surface area contributed by atoms with Gasteiger partial charge in [-0.05, 0) is 24.3 Å². The van der Waals surface area contributed by atoms with Crippen molar-refractivity contribution in [3.05, 3.63) is 84.2 Å². The van der Waals surface area contributed by atoms with Gasteiger partial charge in [-0.3, -0.25) is 0 Å². The van der Waals surface area contributed by atoms with Gasteiger partial charge in [0, 0.05) is 41.8 Å². The summed E-state index contributed by atoms with van der Waals surface area (Å²) in [4.78, 5) is 9.25. The lowest BCUT2D eigenvalue weighted by Gasteiger charge is -2.06. The molecule has 3 heterocycles. The van der Waals surface area contributed by atoms with E-state index in [1.807, 2.05) is 59.4 Å². The standard InChI is InChI=1S/C19H15ClN4/c1-2-23-12-10-21-18(23)13-16-19(14-6-8-15(20)9-7-14)22-17-5-3-4-11-24(16)17/h2-12H,1,13H2. The van der Waals surface area contributed by atoms with Gasteiger partial charge in [0.2, 0.25) is 0 Å². The van der Waals surface area contributed by atoms with Crippen LogP contribution in [0.25, 0.3) is 23.1 Å². The minimum atomic E-state index is 0.655. The topological polar surface area (TPSA) is 35.1 Å². The van der Waals surface area contributed by atoms with Gasteiger partial charge in [0.15, 0.2) is 0 Å². The van der Waals surface area contributed by atoms with E-state index in [0.717, 1.165) is 28.4 Å². The van der Waals surface area contributed by atoms with E-state index in [1.165, 1.54) is 0 Å². The lowest BCUT2D eigenvalue weighted by atomic mass is 10.1. The van der Waals surface area contributed by atoms with Gasteiger partial charge < -0.3 is 8.97 Å². The molecular weight excluding hydrogens is 320 g/mol. The van der Waals surface area contributed by atoms with Gasteiger partial charge in [-0.2, -0.15) is 0 Å². The second-order valence-electron chi connectivity index (χ2n) is 5.45. The van der Waals surface area contributed by atoms with Gasteiger partial charge in [-0.15, -0.1) is 0 Å². The number of halogens is 1. The highest BCUT2D eigenvalue weighted by atomic mass is 35.5. The number of nitrogens with zero attached hydrogens (tertiary/aromatic N) is 4. The van der Waals surface area contributed by atoms with Crippen molar-refractivity contribution in [2.24, 2.45) is 0 Å². The summed E-state index contributed by atoms with van der Waals surface area (Å²) in [7, 11) is 0. The molecule has 4 rings (SSSR count). The minimum absolute atomic E-state index is 0.655. The Morgan fingerprint density at radius 3 is 2.71 bits per heavy atom. The lowest BCUT2D eigenvalue weighted by molar-refractivity contribution is 0.910. The fourth-order valence-corrected chi connectivity index (χ4v) is 2.98. The van der Waals surface area contributed by atoms with Crippen LogP contribution >= 0.6 is 11.6 Å². The second-order valence-corrected chi connectivity index (χ2v) is 5.89. The van der Waals surface area contributed by atoms with Crippen LogP contribution in [0.1, 0.15) is 11.5 Å². The Labute approximate surface area is 144 Å². The Balaban J connectivity index is 1.90. The molecule has 5 heteroatoms. The number of fused-ring (bicyclic) bond motifs is 1. The molecule has 0 saturated carbocycles. The van der Waals surface area contributed by atoms with E-state index in [2.05, 4.69) is 16.0 Å². The normalized spacial score (nSPS) is 11.0. The molecule has 0 bridgehead atoms. The summed E-state index contributed by atoms with van der Waals surface area (Å²) in [6.45, 7) is 3.83. The zero-order valence-corrected chi connectivity index (χ0v) is 13.7.